The topological polar surface area (TPSA) is 88.8 Å². The fraction of sp³-hybridized carbons (Fsp3) is 0.481. The van der Waals surface area contributed by atoms with E-state index in [-0.39, 0.29) is 17.8 Å². The minimum absolute atomic E-state index is 0.202. The van der Waals surface area contributed by atoms with E-state index in [0.29, 0.717) is 25.0 Å². The van der Waals surface area contributed by atoms with Gasteiger partial charge in [0.2, 0.25) is 0 Å². The first-order chi connectivity index (χ1) is 15.5. The van der Waals surface area contributed by atoms with Crippen molar-refractivity contribution in [3.05, 3.63) is 53.9 Å². The second kappa shape index (κ2) is 8.49. The first-order valence-corrected chi connectivity index (χ1v) is 11.5. The van der Waals surface area contributed by atoms with Crippen LogP contribution in [0.5, 0.6) is 0 Å². The lowest BCUT2D eigenvalue weighted by Gasteiger charge is -2.26. The van der Waals surface area contributed by atoms with Gasteiger partial charge in [0, 0.05) is 35.5 Å². The number of aryl methyl sites for hydroxylation is 1. The first kappa shape index (κ1) is 23.3. The number of esters is 1. The van der Waals surface area contributed by atoms with E-state index in [0.717, 1.165) is 22.4 Å². The Morgan fingerprint density at radius 3 is 2.48 bits per heavy atom. The largest absolute Gasteiger partial charge is 0.460 e. The van der Waals surface area contributed by atoms with Crippen LogP contribution in [0.3, 0.4) is 0 Å². The lowest BCUT2D eigenvalue weighted by atomic mass is 9.76. The summed E-state index contributed by atoms with van der Waals surface area (Å²) in [7, 11) is 0. The Morgan fingerprint density at radius 2 is 1.85 bits per heavy atom. The van der Waals surface area contributed by atoms with Gasteiger partial charge in [0.05, 0.1) is 17.4 Å². The van der Waals surface area contributed by atoms with Gasteiger partial charge in [-0.25, -0.2) is 4.99 Å². The molecule has 1 fully saturated rings. The fourth-order valence-corrected chi connectivity index (χ4v) is 4.99. The maximum atomic E-state index is 13.1. The van der Waals surface area contributed by atoms with Gasteiger partial charge in [0.15, 0.2) is 0 Å². The summed E-state index contributed by atoms with van der Waals surface area (Å²) < 4.78 is 5.59. The van der Waals surface area contributed by atoms with Gasteiger partial charge in [-0.3, -0.25) is 14.6 Å². The highest BCUT2D eigenvalue weighted by Crippen LogP contribution is 2.43. The second-order valence-corrected chi connectivity index (χ2v) is 10.5. The number of aliphatic imine (C=N–C) groups is 1. The van der Waals surface area contributed by atoms with E-state index in [2.05, 4.69) is 9.98 Å². The summed E-state index contributed by atoms with van der Waals surface area (Å²) in [6.45, 7) is 9.37. The zero-order valence-electron chi connectivity index (χ0n) is 20.0. The molecular weight excluding hydrogens is 416 g/mol. The number of hydrogen-bond acceptors (Lipinski definition) is 5. The number of pyridine rings is 1. The Bertz CT molecular complexity index is 1100. The maximum Gasteiger partial charge on any atom is 0.310 e. The van der Waals surface area contributed by atoms with Crippen molar-refractivity contribution in [3.63, 3.8) is 0 Å². The van der Waals surface area contributed by atoms with Crippen LogP contribution in [0.4, 0.5) is 0 Å². The maximum absolute atomic E-state index is 13.1. The van der Waals surface area contributed by atoms with Crippen molar-refractivity contribution in [2.45, 2.75) is 71.0 Å². The molecule has 1 aliphatic carbocycles. The number of rotatable bonds is 4. The number of ether oxygens (including phenoxy) is 1. The van der Waals surface area contributed by atoms with E-state index >= 15 is 0 Å². The molecule has 33 heavy (non-hydrogen) atoms. The molecule has 1 amide bonds. The number of aliphatic hydroxyl groups excluding tert-OH is 1. The lowest BCUT2D eigenvalue weighted by Crippen LogP contribution is -2.34. The molecule has 0 spiro atoms. The third-order valence-corrected chi connectivity index (χ3v) is 6.77. The SMILES string of the molecule is Cc1ncccc1-c1ccc(C2(C)CC(C3C[C@@H](O)CC3C(=O)OC(C)(C)C)=NC2=O)cc1. The van der Waals surface area contributed by atoms with Crippen molar-refractivity contribution in [1.82, 2.24) is 4.98 Å². The van der Waals surface area contributed by atoms with Gasteiger partial charge >= 0.3 is 5.97 Å². The van der Waals surface area contributed by atoms with Crippen LogP contribution >= 0.6 is 0 Å². The van der Waals surface area contributed by atoms with Crippen molar-refractivity contribution in [2.24, 2.45) is 16.8 Å². The van der Waals surface area contributed by atoms with Crippen molar-refractivity contribution >= 4 is 17.6 Å². The Morgan fingerprint density at radius 1 is 1.15 bits per heavy atom. The van der Waals surface area contributed by atoms with Crippen molar-refractivity contribution in [1.29, 1.82) is 0 Å². The minimum atomic E-state index is -0.788. The van der Waals surface area contributed by atoms with Gasteiger partial charge in [0.1, 0.15) is 5.60 Å². The summed E-state index contributed by atoms with van der Waals surface area (Å²) in [5, 5.41) is 10.3. The molecule has 2 heterocycles. The molecule has 4 atom stereocenters. The average Bonchev–Trinajstić information content (AvgIpc) is 3.28. The lowest BCUT2D eigenvalue weighted by molar-refractivity contribution is -0.160. The van der Waals surface area contributed by atoms with Gasteiger partial charge < -0.3 is 9.84 Å². The Hall–Kier alpha value is -2.86. The summed E-state index contributed by atoms with van der Waals surface area (Å²) in [6.07, 6.45) is 2.37. The molecule has 1 aromatic heterocycles. The van der Waals surface area contributed by atoms with Crippen LogP contribution in [-0.2, 0) is 19.7 Å². The summed E-state index contributed by atoms with van der Waals surface area (Å²) in [6, 6.07) is 11.9. The fourth-order valence-electron chi connectivity index (χ4n) is 4.99. The highest BCUT2D eigenvalue weighted by atomic mass is 16.6. The van der Waals surface area contributed by atoms with Gasteiger partial charge in [0.25, 0.3) is 5.91 Å². The van der Waals surface area contributed by atoms with Crippen LogP contribution < -0.4 is 0 Å². The normalized spacial score (nSPS) is 27.5. The Balaban J connectivity index is 1.56. The molecule has 0 bridgehead atoms. The third-order valence-electron chi connectivity index (χ3n) is 6.77. The van der Waals surface area contributed by atoms with Crippen LogP contribution in [-0.4, -0.2) is 39.4 Å². The van der Waals surface area contributed by atoms with Crippen LogP contribution in [0.15, 0.2) is 47.6 Å². The second-order valence-electron chi connectivity index (χ2n) is 10.5. The molecule has 174 valence electrons. The molecule has 6 heteroatoms. The number of amides is 1. The molecule has 4 rings (SSSR count). The highest BCUT2D eigenvalue weighted by molar-refractivity contribution is 6.10. The molecule has 1 saturated carbocycles. The van der Waals surface area contributed by atoms with Gasteiger partial charge in [-0.05, 0) is 64.7 Å². The van der Waals surface area contributed by atoms with Crippen LogP contribution in [0.1, 0.15) is 58.2 Å². The van der Waals surface area contributed by atoms with E-state index in [4.69, 9.17) is 4.74 Å². The van der Waals surface area contributed by atoms with Crippen LogP contribution in [0.2, 0.25) is 0 Å². The number of aromatic nitrogens is 1. The van der Waals surface area contributed by atoms with Crippen LogP contribution in [0, 0.1) is 18.8 Å². The third kappa shape index (κ3) is 4.62. The predicted molar refractivity (Wildman–Crippen MR) is 127 cm³/mol. The van der Waals surface area contributed by atoms with Crippen molar-refractivity contribution in [3.8, 4) is 11.1 Å². The number of aliphatic hydroxyl groups is 1. The highest BCUT2D eigenvalue weighted by Gasteiger charge is 2.49. The zero-order chi connectivity index (χ0) is 24.0. The molecule has 2 aliphatic rings. The average molecular weight is 449 g/mol. The summed E-state index contributed by atoms with van der Waals surface area (Å²) >= 11 is 0. The van der Waals surface area contributed by atoms with E-state index in [1.54, 1.807) is 6.20 Å². The van der Waals surface area contributed by atoms with Crippen LogP contribution in [0.25, 0.3) is 11.1 Å². The molecule has 3 unspecified atom stereocenters. The van der Waals surface area contributed by atoms with Crippen molar-refractivity contribution < 1.29 is 19.4 Å². The molecule has 0 radical (unpaired) electrons. The Labute approximate surface area is 195 Å². The number of benzene rings is 1. The number of nitrogens with zero attached hydrogens (tertiary/aromatic N) is 2. The molecular formula is C27H32N2O4. The molecule has 0 saturated heterocycles. The summed E-state index contributed by atoms with van der Waals surface area (Å²) in [5.41, 5.74) is 3.25. The molecule has 1 aliphatic heterocycles. The molecule has 1 N–H and O–H groups in total. The van der Waals surface area contributed by atoms with E-state index in [1.165, 1.54) is 0 Å². The summed E-state index contributed by atoms with van der Waals surface area (Å²) in [4.78, 5) is 34.7. The Kier molecular flexibility index (Phi) is 5.99. The van der Waals surface area contributed by atoms with E-state index in [9.17, 15) is 14.7 Å². The quantitative estimate of drug-likeness (QED) is 0.700. The van der Waals surface area contributed by atoms with Gasteiger partial charge in [-0.15, -0.1) is 0 Å². The molecule has 2 aromatic rings. The molecule has 1 aromatic carbocycles. The number of carbonyl (C=O) groups is 2. The smallest absolute Gasteiger partial charge is 0.310 e. The summed E-state index contributed by atoms with van der Waals surface area (Å²) in [5.74, 6) is -1.29. The van der Waals surface area contributed by atoms with Gasteiger partial charge in [-0.2, -0.15) is 0 Å². The predicted octanol–water partition coefficient (Wildman–Crippen LogP) is 4.41. The van der Waals surface area contributed by atoms with E-state index < -0.39 is 23.0 Å². The minimum Gasteiger partial charge on any atom is -0.460 e. The first-order valence-electron chi connectivity index (χ1n) is 11.5. The van der Waals surface area contributed by atoms with Gasteiger partial charge in [-0.1, -0.05) is 30.3 Å². The standard InChI is InChI=1S/C27H32N2O4/c1-16-20(7-6-12-28-16)17-8-10-18(11-9-17)27(5)15-23(29-25(27)32)21-13-19(30)14-22(21)24(31)33-26(2,3)4/h6-12,19,21-22,30H,13-15H2,1-5H3/t19-,21?,22?,27?/m1/s1. The van der Waals surface area contributed by atoms with E-state index in [1.807, 2.05) is 71.0 Å². The molecule has 6 nitrogen and oxygen atoms in total. The number of carbonyl (C=O) groups excluding carboxylic acids is 2. The zero-order valence-corrected chi connectivity index (χ0v) is 20.0. The monoisotopic (exact) mass is 448 g/mol. The van der Waals surface area contributed by atoms with Crippen molar-refractivity contribution in [2.75, 3.05) is 0 Å². The number of hydrogen-bond donors (Lipinski definition) is 1.